The van der Waals surface area contributed by atoms with Crippen molar-refractivity contribution in [1.82, 2.24) is 0 Å². The predicted octanol–water partition coefficient (Wildman–Crippen LogP) is 3.41. The van der Waals surface area contributed by atoms with Gasteiger partial charge in [0.2, 0.25) is 0 Å². The van der Waals surface area contributed by atoms with Crippen LogP contribution in [0.15, 0.2) is 23.1 Å². The van der Waals surface area contributed by atoms with E-state index in [9.17, 15) is 0 Å². The van der Waals surface area contributed by atoms with Gasteiger partial charge in [-0.1, -0.05) is 20.8 Å². The van der Waals surface area contributed by atoms with Crippen LogP contribution in [0.25, 0.3) is 0 Å². The van der Waals surface area contributed by atoms with Crippen molar-refractivity contribution in [3.05, 3.63) is 18.2 Å². The molecule has 0 bridgehead atoms. The van der Waals surface area contributed by atoms with Gasteiger partial charge >= 0.3 is 0 Å². The van der Waals surface area contributed by atoms with E-state index in [4.69, 9.17) is 10.5 Å². The third kappa shape index (κ3) is 3.34. The number of nitrogen functional groups attached to an aromatic ring is 1. The predicted molar refractivity (Wildman–Crippen MR) is 67.6 cm³/mol. The molecule has 0 aliphatic rings. The minimum Gasteiger partial charge on any atom is -0.495 e. The van der Waals surface area contributed by atoms with Crippen LogP contribution >= 0.6 is 11.8 Å². The van der Waals surface area contributed by atoms with Crippen molar-refractivity contribution in [3.63, 3.8) is 0 Å². The van der Waals surface area contributed by atoms with Gasteiger partial charge in [0.15, 0.2) is 0 Å². The van der Waals surface area contributed by atoms with Crippen LogP contribution in [0.4, 0.5) is 5.69 Å². The molecule has 0 saturated heterocycles. The van der Waals surface area contributed by atoms with E-state index >= 15 is 0 Å². The molecule has 0 radical (unpaired) electrons. The molecule has 0 saturated carbocycles. The van der Waals surface area contributed by atoms with E-state index in [1.165, 1.54) is 4.90 Å². The number of anilines is 1. The Morgan fingerprint density at radius 3 is 2.47 bits per heavy atom. The smallest absolute Gasteiger partial charge is 0.142 e. The Labute approximate surface area is 96.2 Å². The fraction of sp³-hybridized carbons (Fsp3) is 0.500. The zero-order valence-electron chi connectivity index (χ0n) is 9.78. The number of methoxy groups -OCH3 is 1. The average Bonchev–Trinajstić information content (AvgIpc) is 2.20. The molecule has 1 rings (SSSR count). The maximum Gasteiger partial charge on any atom is 0.142 e. The second-order valence-electron chi connectivity index (χ2n) is 3.97. The fourth-order valence-electron chi connectivity index (χ4n) is 1.12. The normalized spacial score (nSPS) is 12.9. The Hall–Kier alpha value is -0.830. The molecule has 1 atom stereocenters. The highest BCUT2D eigenvalue weighted by atomic mass is 32.2. The Kier molecular flexibility index (Phi) is 4.33. The van der Waals surface area contributed by atoms with Gasteiger partial charge in [-0.15, -0.1) is 11.8 Å². The second-order valence-corrected chi connectivity index (χ2v) is 5.42. The van der Waals surface area contributed by atoms with Crippen molar-refractivity contribution in [3.8, 4) is 5.75 Å². The van der Waals surface area contributed by atoms with Crippen LogP contribution in [0, 0.1) is 5.92 Å². The standard InChI is InChI=1S/C12H19NOS/c1-8(2)9(3)15-10-5-6-11(13)12(7-10)14-4/h5-9H,13H2,1-4H3. The molecule has 0 heterocycles. The fourth-order valence-corrected chi connectivity index (χ4v) is 2.14. The van der Waals surface area contributed by atoms with Crippen molar-refractivity contribution < 1.29 is 4.74 Å². The number of hydrogen-bond donors (Lipinski definition) is 1. The Morgan fingerprint density at radius 2 is 1.93 bits per heavy atom. The van der Waals surface area contributed by atoms with Gasteiger partial charge in [-0.05, 0) is 24.1 Å². The number of hydrogen-bond acceptors (Lipinski definition) is 3. The Bertz CT molecular complexity index is 325. The van der Waals surface area contributed by atoms with Crippen molar-refractivity contribution in [2.75, 3.05) is 12.8 Å². The van der Waals surface area contributed by atoms with Gasteiger partial charge < -0.3 is 10.5 Å². The lowest BCUT2D eigenvalue weighted by atomic mass is 10.2. The van der Waals surface area contributed by atoms with E-state index in [1.54, 1.807) is 7.11 Å². The molecule has 0 spiro atoms. The molecule has 3 heteroatoms. The number of ether oxygens (including phenoxy) is 1. The SMILES string of the molecule is COc1cc(SC(C)C(C)C)ccc1N. The average molecular weight is 225 g/mol. The summed E-state index contributed by atoms with van der Waals surface area (Å²) in [6.45, 7) is 6.69. The monoisotopic (exact) mass is 225 g/mol. The van der Waals surface area contributed by atoms with E-state index in [0.717, 1.165) is 5.75 Å². The van der Waals surface area contributed by atoms with Crippen LogP contribution in [0.1, 0.15) is 20.8 Å². The lowest BCUT2D eigenvalue weighted by molar-refractivity contribution is 0.416. The van der Waals surface area contributed by atoms with E-state index in [1.807, 2.05) is 30.0 Å². The highest BCUT2D eigenvalue weighted by molar-refractivity contribution is 8.00. The largest absolute Gasteiger partial charge is 0.495 e. The quantitative estimate of drug-likeness (QED) is 0.630. The summed E-state index contributed by atoms with van der Waals surface area (Å²) in [5, 5.41) is 0.596. The summed E-state index contributed by atoms with van der Waals surface area (Å²) in [4.78, 5) is 1.21. The minimum absolute atomic E-state index is 0.596. The summed E-state index contributed by atoms with van der Waals surface area (Å²) >= 11 is 1.85. The van der Waals surface area contributed by atoms with Crippen molar-refractivity contribution >= 4 is 17.4 Å². The van der Waals surface area contributed by atoms with E-state index in [2.05, 4.69) is 20.8 Å². The Balaban J connectivity index is 2.78. The van der Waals surface area contributed by atoms with Crippen LogP contribution < -0.4 is 10.5 Å². The van der Waals surface area contributed by atoms with Gasteiger partial charge in [-0.25, -0.2) is 0 Å². The minimum atomic E-state index is 0.596. The molecule has 1 unspecified atom stereocenters. The maximum absolute atomic E-state index is 5.76. The molecule has 1 aromatic carbocycles. The lowest BCUT2D eigenvalue weighted by Crippen LogP contribution is -2.05. The molecule has 0 amide bonds. The van der Waals surface area contributed by atoms with Gasteiger partial charge in [0, 0.05) is 10.1 Å². The van der Waals surface area contributed by atoms with Gasteiger partial charge in [0.25, 0.3) is 0 Å². The van der Waals surface area contributed by atoms with Crippen LogP contribution in [0.5, 0.6) is 5.75 Å². The molecule has 15 heavy (non-hydrogen) atoms. The molecule has 2 nitrogen and oxygen atoms in total. The Morgan fingerprint density at radius 1 is 1.27 bits per heavy atom. The van der Waals surface area contributed by atoms with Gasteiger partial charge in [0.05, 0.1) is 12.8 Å². The molecule has 0 aliphatic heterocycles. The summed E-state index contributed by atoms with van der Waals surface area (Å²) in [5.74, 6) is 1.43. The summed E-state index contributed by atoms with van der Waals surface area (Å²) in [6.07, 6.45) is 0. The number of nitrogens with two attached hydrogens (primary N) is 1. The first kappa shape index (κ1) is 12.2. The summed E-state index contributed by atoms with van der Waals surface area (Å²) in [5.41, 5.74) is 6.45. The molecule has 84 valence electrons. The van der Waals surface area contributed by atoms with Gasteiger partial charge in [-0.3, -0.25) is 0 Å². The zero-order chi connectivity index (χ0) is 11.4. The van der Waals surface area contributed by atoms with Crippen molar-refractivity contribution in [1.29, 1.82) is 0 Å². The highest BCUT2D eigenvalue weighted by Crippen LogP contribution is 2.32. The number of benzene rings is 1. The lowest BCUT2D eigenvalue weighted by Gasteiger charge is -2.15. The molecule has 1 aromatic rings. The first-order valence-electron chi connectivity index (χ1n) is 5.14. The van der Waals surface area contributed by atoms with E-state index < -0.39 is 0 Å². The van der Waals surface area contributed by atoms with E-state index in [-0.39, 0.29) is 0 Å². The number of thioether (sulfide) groups is 1. The third-order valence-corrected chi connectivity index (χ3v) is 3.91. The van der Waals surface area contributed by atoms with Crippen molar-refractivity contribution in [2.24, 2.45) is 5.92 Å². The molecule has 0 fully saturated rings. The summed E-state index contributed by atoms with van der Waals surface area (Å²) in [6, 6.07) is 5.94. The molecule has 0 aliphatic carbocycles. The molecular weight excluding hydrogens is 206 g/mol. The van der Waals surface area contributed by atoms with Crippen LogP contribution in [-0.2, 0) is 0 Å². The topological polar surface area (TPSA) is 35.2 Å². The second kappa shape index (κ2) is 5.31. The van der Waals surface area contributed by atoms with E-state index in [0.29, 0.717) is 16.9 Å². The van der Waals surface area contributed by atoms with Crippen molar-refractivity contribution in [2.45, 2.75) is 30.9 Å². The molecule has 0 aromatic heterocycles. The molecule has 2 N–H and O–H groups in total. The number of rotatable bonds is 4. The first-order chi connectivity index (χ1) is 7.04. The summed E-state index contributed by atoms with van der Waals surface area (Å²) < 4.78 is 5.19. The maximum atomic E-state index is 5.76. The van der Waals surface area contributed by atoms with Gasteiger partial charge in [-0.2, -0.15) is 0 Å². The van der Waals surface area contributed by atoms with Gasteiger partial charge in [0.1, 0.15) is 5.75 Å². The van der Waals surface area contributed by atoms with Crippen LogP contribution in [0.3, 0.4) is 0 Å². The first-order valence-corrected chi connectivity index (χ1v) is 6.02. The van der Waals surface area contributed by atoms with Crippen LogP contribution in [0.2, 0.25) is 0 Å². The third-order valence-electron chi connectivity index (χ3n) is 2.47. The highest BCUT2D eigenvalue weighted by Gasteiger charge is 2.10. The molecular formula is C12H19NOS. The van der Waals surface area contributed by atoms with Crippen LogP contribution in [-0.4, -0.2) is 12.4 Å². The summed E-state index contributed by atoms with van der Waals surface area (Å²) in [7, 11) is 1.64. The zero-order valence-corrected chi connectivity index (χ0v) is 10.6.